The minimum atomic E-state index is -3.75. The van der Waals surface area contributed by atoms with Gasteiger partial charge in [0.25, 0.3) is 10.0 Å². The number of nitrogens with zero attached hydrogens (tertiary/aromatic N) is 4. The summed E-state index contributed by atoms with van der Waals surface area (Å²) < 4.78 is 33.1. The summed E-state index contributed by atoms with van der Waals surface area (Å²) in [6, 6.07) is 7.08. The van der Waals surface area contributed by atoms with Crippen molar-refractivity contribution in [2.45, 2.75) is 11.8 Å². The molecule has 1 aliphatic rings. The van der Waals surface area contributed by atoms with Crippen LogP contribution >= 0.6 is 0 Å². The van der Waals surface area contributed by atoms with E-state index in [9.17, 15) is 13.2 Å². The first-order valence-electron chi connectivity index (χ1n) is 7.59. The minimum absolute atomic E-state index is 0.0414. The van der Waals surface area contributed by atoms with Gasteiger partial charge in [-0.1, -0.05) is 18.2 Å². The minimum Gasteiger partial charge on any atom is -0.462 e. The molecule has 0 saturated carbocycles. The zero-order chi connectivity index (χ0) is 17.8. The van der Waals surface area contributed by atoms with Crippen molar-refractivity contribution in [3.8, 4) is 11.3 Å². The molecule has 0 spiro atoms. The maximum absolute atomic E-state index is 12.8. The topological polar surface area (TPSA) is 93.9 Å². The van der Waals surface area contributed by atoms with Gasteiger partial charge in [0.15, 0.2) is 5.65 Å². The highest BCUT2D eigenvalue weighted by atomic mass is 32.2. The van der Waals surface area contributed by atoms with Crippen LogP contribution in [0.3, 0.4) is 0 Å². The Labute approximate surface area is 143 Å². The molecule has 0 atom stereocenters. The number of para-hydroxylation sites is 1. The SMILES string of the molecule is CCOC(=O)c1cnn2cc3c(nc12)-c1ccccc1N(C)S3(=O)=O. The fourth-order valence-corrected chi connectivity index (χ4v) is 4.20. The van der Waals surface area contributed by atoms with Crippen molar-refractivity contribution in [1.29, 1.82) is 0 Å². The van der Waals surface area contributed by atoms with Gasteiger partial charge in [-0.15, -0.1) is 0 Å². The lowest BCUT2D eigenvalue weighted by atomic mass is 10.1. The molecule has 0 saturated heterocycles. The van der Waals surface area contributed by atoms with E-state index in [0.29, 0.717) is 16.9 Å². The van der Waals surface area contributed by atoms with Crippen molar-refractivity contribution in [3.05, 3.63) is 42.2 Å². The van der Waals surface area contributed by atoms with Crippen LogP contribution < -0.4 is 4.31 Å². The smallest absolute Gasteiger partial charge is 0.343 e. The molecule has 9 heteroatoms. The molecule has 0 fully saturated rings. The lowest BCUT2D eigenvalue weighted by molar-refractivity contribution is 0.0528. The van der Waals surface area contributed by atoms with Crippen LogP contribution in [0.1, 0.15) is 17.3 Å². The molecule has 25 heavy (non-hydrogen) atoms. The first kappa shape index (κ1) is 15.6. The lowest BCUT2D eigenvalue weighted by Crippen LogP contribution is -2.31. The van der Waals surface area contributed by atoms with Crippen molar-refractivity contribution in [1.82, 2.24) is 14.6 Å². The Kier molecular flexibility index (Phi) is 3.29. The summed E-state index contributed by atoms with van der Waals surface area (Å²) in [6.07, 6.45) is 2.70. The number of anilines is 1. The maximum Gasteiger partial charge on any atom is 0.343 e. The Bertz CT molecular complexity index is 1120. The van der Waals surface area contributed by atoms with Crippen LogP contribution in [0.25, 0.3) is 16.9 Å². The van der Waals surface area contributed by atoms with Gasteiger partial charge in [0.05, 0.1) is 30.4 Å². The highest BCUT2D eigenvalue weighted by Gasteiger charge is 2.34. The number of carbonyl (C=O) groups excluding carboxylic acids is 1. The Morgan fingerprint density at radius 3 is 2.80 bits per heavy atom. The number of ether oxygens (including phenoxy) is 1. The highest BCUT2D eigenvalue weighted by Crippen LogP contribution is 2.41. The maximum atomic E-state index is 12.8. The molecule has 0 N–H and O–H groups in total. The summed E-state index contributed by atoms with van der Waals surface area (Å²) in [4.78, 5) is 16.6. The predicted octanol–water partition coefficient (Wildman–Crippen LogP) is 1.71. The summed E-state index contributed by atoms with van der Waals surface area (Å²) in [7, 11) is -2.26. The van der Waals surface area contributed by atoms with Crippen LogP contribution in [-0.2, 0) is 14.8 Å². The number of sulfonamides is 1. The van der Waals surface area contributed by atoms with Crippen molar-refractivity contribution in [3.63, 3.8) is 0 Å². The third-order valence-electron chi connectivity index (χ3n) is 4.09. The van der Waals surface area contributed by atoms with E-state index < -0.39 is 16.0 Å². The number of aromatic nitrogens is 3. The second kappa shape index (κ2) is 5.28. The van der Waals surface area contributed by atoms with E-state index in [4.69, 9.17) is 4.74 Å². The van der Waals surface area contributed by atoms with Crippen LogP contribution in [0.2, 0.25) is 0 Å². The normalized spacial score (nSPS) is 14.9. The molecule has 0 amide bonds. The number of esters is 1. The van der Waals surface area contributed by atoms with Gasteiger partial charge in [0, 0.05) is 12.6 Å². The second-order valence-corrected chi connectivity index (χ2v) is 7.43. The molecule has 4 rings (SSSR count). The van der Waals surface area contributed by atoms with E-state index in [-0.39, 0.29) is 22.7 Å². The quantitative estimate of drug-likeness (QED) is 0.648. The van der Waals surface area contributed by atoms with E-state index in [0.717, 1.165) is 0 Å². The average molecular weight is 358 g/mol. The van der Waals surface area contributed by atoms with E-state index >= 15 is 0 Å². The fourth-order valence-electron chi connectivity index (χ4n) is 2.85. The zero-order valence-electron chi connectivity index (χ0n) is 13.5. The molecule has 0 aliphatic carbocycles. The molecule has 0 bridgehead atoms. The van der Waals surface area contributed by atoms with E-state index in [1.54, 1.807) is 25.1 Å². The first-order chi connectivity index (χ1) is 11.9. The molecule has 1 aliphatic heterocycles. The van der Waals surface area contributed by atoms with Gasteiger partial charge in [-0.05, 0) is 13.0 Å². The molecule has 2 aromatic heterocycles. The van der Waals surface area contributed by atoms with Crippen molar-refractivity contribution < 1.29 is 17.9 Å². The summed E-state index contributed by atoms with van der Waals surface area (Å²) in [5.41, 5.74) is 1.95. The Hall–Kier alpha value is -2.94. The number of fused-ring (bicyclic) bond motifs is 4. The lowest BCUT2D eigenvalue weighted by Gasteiger charge is -2.28. The van der Waals surface area contributed by atoms with Crippen LogP contribution in [0.4, 0.5) is 5.69 Å². The molecule has 3 heterocycles. The molecule has 1 aromatic carbocycles. The number of carbonyl (C=O) groups is 1. The predicted molar refractivity (Wildman–Crippen MR) is 90.0 cm³/mol. The first-order valence-corrected chi connectivity index (χ1v) is 9.03. The van der Waals surface area contributed by atoms with Crippen LogP contribution in [0.5, 0.6) is 0 Å². The third-order valence-corrected chi connectivity index (χ3v) is 5.86. The second-order valence-electron chi connectivity index (χ2n) is 5.49. The number of rotatable bonds is 2. The van der Waals surface area contributed by atoms with E-state index in [1.165, 1.54) is 28.3 Å². The van der Waals surface area contributed by atoms with Crippen molar-refractivity contribution in [2.75, 3.05) is 18.0 Å². The van der Waals surface area contributed by atoms with Crippen LogP contribution in [0, 0.1) is 0 Å². The van der Waals surface area contributed by atoms with Crippen molar-refractivity contribution >= 4 is 27.3 Å². The highest BCUT2D eigenvalue weighted by molar-refractivity contribution is 7.93. The van der Waals surface area contributed by atoms with Gasteiger partial charge in [-0.25, -0.2) is 22.7 Å². The van der Waals surface area contributed by atoms with Gasteiger partial charge < -0.3 is 4.74 Å². The molecule has 8 nitrogen and oxygen atoms in total. The summed E-state index contributed by atoms with van der Waals surface area (Å²) in [5.74, 6) is -0.547. The Morgan fingerprint density at radius 2 is 2.04 bits per heavy atom. The van der Waals surface area contributed by atoms with Gasteiger partial charge in [-0.3, -0.25) is 4.31 Å². The molecule has 128 valence electrons. The van der Waals surface area contributed by atoms with E-state index in [1.807, 2.05) is 6.07 Å². The standard InChI is InChI=1S/C16H14N4O4S/c1-3-24-16(21)11-8-17-20-9-13-14(18-15(11)20)10-6-4-5-7-12(10)19(2)25(13,22)23/h4-9H,3H2,1-2H3. The summed E-state index contributed by atoms with van der Waals surface area (Å²) >= 11 is 0. The largest absolute Gasteiger partial charge is 0.462 e. The van der Waals surface area contributed by atoms with Gasteiger partial charge in [0.1, 0.15) is 10.5 Å². The number of hydrogen-bond acceptors (Lipinski definition) is 6. The zero-order valence-corrected chi connectivity index (χ0v) is 14.3. The third kappa shape index (κ3) is 2.12. The van der Waals surface area contributed by atoms with Crippen LogP contribution in [-0.4, -0.2) is 42.6 Å². The number of benzene rings is 1. The van der Waals surface area contributed by atoms with Crippen LogP contribution in [0.15, 0.2) is 41.6 Å². The van der Waals surface area contributed by atoms with Gasteiger partial charge in [0.2, 0.25) is 0 Å². The Balaban J connectivity index is 2.05. The van der Waals surface area contributed by atoms with E-state index in [2.05, 4.69) is 10.1 Å². The molecule has 0 radical (unpaired) electrons. The summed E-state index contributed by atoms with van der Waals surface area (Å²) in [6.45, 7) is 1.93. The Morgan fingerprint density at radius 1 is 1.28 bits per heavy atom. The molecule has 3 aromatic rings. The monoisotopic (exact) mass is 358 g/mol. The molecular formula is C16H14N4O4S. The molecule has 0 unspecified atom stereocenters. The summed E-state index contributed by atoms with van der Waals surface area (Å²) in [5, 5.41) is 4.05. The molecular weight excluding hydrogens is 344 g/mol. The van der Waals surface area contributed by atoms with Crippen molar-refractivity contribution in [2.24, 2.45) is 0 Å². The van der Waals surface area contributed by atoms with Gasteiger partial charge in [-0.2, -0.15) is 5.10 Å². The fraction of sp³-hybridized carbons (Fsp3) is 0.188. The average Bonchev–Trinajstić information content (AvgIpc) is 3.02. The number of hydrogen-bond donors (Lipinski definition) is 0. The van der Waals surface area contributed by atoms with Gasteiger partial charge >= 0.3 is 5.97 Å².